The van der Waals surface area contributed by atoms with Gasteiger partial charge in [-0.1, -0.05) is 34.1 Å². The summed E-state index contributed by atoms with van der Waals surface area (Å²) in [6, 6.07) is 15.0. The quantitative estimate of drug-likeness (QED) is 0.276. The molecule has 2 aliphatic rings. The molecule has 9 heteroatoms. The highest BCUT2D eigenvalue weighted by molar-refractivity contribution is 9.10. The van der Waals surface area contributed by atoms with Crippen molar-refractivity contribution in [2.75, 3.05) is 26.3 Å². The van der Waals surface area contributed by atoms with E-state index in [-0.39, 0.29) is 31.3 Å². The number of carbonyl (C=O) groups excluding carboxylic acids is 2. The molecule has 0 saturated carbocycles. The number of hydrogen-bond donors (Lipinski definition) is 1. The largest absolute Gasteiger partial charge is 0.494 e. The highest BCUT2D eigenvalue weighted by Gasteiger charge is 2.55. The average molecular weight is 616 g/mol. The number of aliphatic hydroxyl groups is 1. The molecular formula is C31H39BrN2O6. The molecule has 1 N–H and O–H groups in total. The number of nitrogens with zero attached hydrogens (tertiary/aromatic N) is 2. The SMILES string of the molecule is CC(C)(C)OC(=O)CC[C@@]1(C(=O)N2CCCCC2)N=C(c2ccc(OCCCO)cc2)O[C@@H]1c1ccccc1Br. The van der Waals surface area contributed by atoms with E-state index in [0.29, 0.717) is 43.3 Å². The van der Waals surface area contributed by atoms with Gasteiger partial charge in [-0.25, -0.2) is 4.99 Å². The molecule has 0 aromatic heterocycles. The Morgan fingerprint density at radius 2 is 1.80 bits per heavy atom. The van der Waals surface area contributed by atoms with Gasteiger partial charge in [-0.2, -0.15) is 0 Å². The van der Waals surface area contributed by atoms with Crippen molar-refractivity contribution in [3.63, 3.8) is 0 Å². The zero-order valence-electron chi connectivity index (χ0n) is 23.5. The van der Waals surface area contributed by atoms with E-state index in [9.17, 15) is 9.59 Å². The van der Waals surface area contributed by atoms with Crippen molar-refractivity contribution in [3.8, 4) is 5.75 Å². The van der Waals surface area contributed by atoms with Gasteiger partial charge in [0.15, 0.2) is 11.6 Å². The van der Waals surface area contributed by atoms with Crippen molar-refractivity contribution in [1.29, 1.82) is 0 Å². The lowest BCUT2D eigenvalue weighted by Gasteiger charge is -2.37. The third-order valence-electron chi connectivity index (χ3n) is 6.97. The minimum atomic E-state index is -1.34. The maximum atomic E-state index is 14.4. The number of likely N-dealkylation sites (tertiary alicyclic amines) is 1. The van der Waals surface area contributed by atoms with Gasteiger partial charge < -0.3 is 24.2 Å². The topological polar surface area (TPSA) is 97.7 Å². The van der Waals surface area contributed by atoms with Crippen LogP contribution >= 0.6 is 15.9 Å². The van der Waals surface area contributed by atoms with Crippen LogP contribution in [0.2, 0.25) is 0 Å². The van der Waals surface area contributed by atoms with Crippen LogP contribution in [-0.4, -0.2) is 65.2 Å². The van der Waals surface area contributed by atoms with Crippen molar-refractivity contribution < 1.29 is 28.9 Å². The summed E-state index contributed by atoms with van der Waals surface area (Å²) >= 11 is 3.66. The smallest absolute Gasteiger partial charge is 0.306 e. The van der Waals surface area contributed by atoms with E-state index in [2.05, 4.69) is 15.9 Å². The second-order valence-electron chi connectivity index (χ2n) is 11.2. The molecule has 4 rings (SSSR count). The zero-order chi connectivity index (χ0) is 28.8. The van der Waals surface area contributed by atoms with Gasteiger partial charge in [-0.05, 0) is 76.8 Å². The van der Waals surface area contributed by atoms with Crippen LogP contribution in [0, 0.1) is 0 Å². The fourth-order valence-electron chi connectivity index (χ4n) is 5.07. The minimum Gasteiger partial charge on any atom is -0.494 e. The number of aliphatic hydroxyl groups excluding tert-OH is 1. The number of aliphatic imine (C=N–C) groups is 1. The van der Waals surface area contributed by atoms with Crippen molar-refractivity contribution in [1.82, 2.24) is 4.90 Å². The number of ether oxygens (including phenoxy) is 3. The van der Waals surface area contributed by atoms with E-state index in [0.717, 1.165) is 29.3 Å². The second-order valence-corrected chi connectivity index (χ2v) is 12.1. The number of benzene rings is 2. The minimum absolute atomic E-state index is 0.0234. The van der Waals surface area contributed by atoms with Crippen LogP contribution < -0.4 is 4.74 Å². The lowest BCUT2D eigenvalue weighted by molar-refractivity contribution is -0.155. The van der Waals surface area contributed by atoms with Crippen LogP contribution in [0.25, 0.3) is 0 Å². The van der Waals surface area contributed by atoms with E-state index >= 15 is 0 Å². The molecule has 2 aliphatic heterocycles. The third kappa shape index (κ3) is 7.23. The Balaban J connectivity index is 1.74. The maximum Gasteiger partial charge on any atom is 0.306 e. The van der Waals surface area contributed by atoms with Gasteiger partial charge >= 0.3 is 5.97 Å². The Morgan fingerprint density at radius 3 is 2.45 bits per heavy atom. The molecule has 0 radical (unpaired) electrons. The molecule has 0 aliphatic carbocycles. The van der Waals surface area contributed by atoms with Crippen LogP contribution in [0.3, 0.4) is 0 Å². The molecule has 216 valence electrons. The van der Waals surface area contributed by atoms with Crippen molar-refractivity contribution >= 4 is 33.7 Å². The third-order valence-corrected chi connectivity index (χ3v) is 7.69. The summed E-state index contributed by atoms with van der Waals surface area (Å²) in [6.45, 7) is 7.27. The Bertz CT molecular complexity index is 1200. The molecule has 1 amide bonds. The monoisotopic (exact) mass is 614 g/mol. The zero-order valence-corrected chi connectivity index (χ0v) is 25.1. The predicted molar refractivity (Wildman–Crippen MR) is 156 cm³/mol. The van der Waals surface area contributed by atoms with E-state index in [1.165, 1.54) is 0 Å². The van der Waals surface area contributed by atoms with Crippen LogP contribution in [0.15, 0.2) is 58.0 Å². The van der Waals surface area contributed by atoms with Crippen LogP contribution in [-0.2, 0) is 19.1 Å². The Labute approximate surface area is 244 Å². The van der Waals surface area contributed by atoms with Gasteiger partial charge in [0.25, 0.3) is 5.91 Å². The van der Waals surface area contributed by atoms with Gasteiger partial charge in [0.05, 0.1) is 6.61 Å². The average Bonchev–Trinajstić information content (AvgIpc) is 3.32. The van der Waals surface area contributed by atoms with Gasteiger partial charge in [0, 0.05) is 48.1 Å². The lowest BCUT2D eigenvalue weighted by atomic mass is 9.82. The molecule has 1 saturated heterocycles. The van der Waals surface area contributed by atoms with Crippen molar-refractivity contribution in [2.45, 2.75) is 76.5 Å². The highest BCUT2D eigenvalue weighted by Crippen LogP contribution is 2.46. The summed E-state index contributed by atoms with van der Waals surface area (Å²) in [5.74, 6) is 0.503. The van der Waals surface area contributed by atoms with Gasteiger partial charge in [0.1, 0.15) is 11.4 Å². The van der Waals surface area contributed by atoms with Crippen LogP contribution in [0.5, 0.6) is 5.75 Å². The second kappa shape index (κ2) is 13.2. The number of halogens is 1. The first-order valence-corrected chi connectivity index (χ1v) is 14.8. The molecule has 0 unspecified atom stereocenters. The van der Waals surface area contributed by atoms with Gasteiger partial charge in [-0.3, -0.25) is 9.59 Å². The summed E-state index contributed by atoms with van der Waals surface area (Å²) in [5.41, 5.74) is -0.481. The lowest BCUT2D eigenvalue weighted by Crippen LogP contribution is -2.52. The van der Waals surface area contributed by atoms with Crippen molar-refractivity contribution in [3.05, 3.63) is 64.1 Å². The molecule has 8 nitrogen and oxygen atoms in total. The molecule has 2 aromatic carbocycles. The Hall–Kier alpha value is -2.91. The maximum absolute atomic E-state index is 14.4. The van der Waals surface area contributed by atoms with E-state index in [4.69, 9.17) is 24.3 Å². The van der Waals surface area contributed by atoms with Crippen molar-refractivity contribution in [2.24, 2.45) is 4.99 Å². The Morgan fingerprint density at radius 1 is 1.10 bits per heavy atom. The number of amides is 1. The normalized spacial score (nSPS) is 21.0. The summed E-state index contributed by atoms with van der Waals surface area (Å²) in [5, 5.41) is 9.02. The molecule has 0 spiro atoms. The van der Waals surface area contributed by atoms with Gasteiger partial charge in [0.2, 0.25) is 5.90 Å². The van der Waals surface area contributed by atoms with Gasteiger partial charge in [-0.15, -0.1) is 0 Å². The first-order valence-electron chi connectivity index (χ1n) is 14.0. The molecular weight excluding hydrogens is 576 g/mol. The fourth-order valence-corrected chi connectivity index (χ4v) is 5.57. The Kier molecular flexibility index (Phi) is 9.90. The van der Waals surface area contributed by atoms with E-state index in [1.54, 1.807) is 0 Å². The molecule has 40 heavy (non-hydrogen) atoms. The number of esters is 1. The molecule has 2 aromatic rings. The molecule has 0 bridgehead atoms. The molecule has 2 atom stereocenters. The summed E-state index contributed by atoms with van der Waals surface area (Å²) in [7, 11) is 0. The summed E-state index contributed by atoms with van der Waals surface area (Å²) in [4.78, 5) is 34.2. The highest BCUT2D eigenvalue weighted by atomic mass is 79.9. The van der Waals surface area contributed by atoms with Crippen LogP contribution in [0.4, 0.5) is 0 Å². The summed E-state index contributed by atoms with van der Waals surface area (Å²) < 4.78 is 18.6. The molecule has 2 heterocycles. The fraction of sp³-hybridized carbons (Fsp3) is 0.516. The number of carbonyl (C=O) groups is 2. The summed E-state index contributed by atoms with van der Waals surface area (Å²) in [6.07, 6.45) is 2.93. The van der Waals surface area contributed by atoms with Crippen LogP contribution in [0.1, 0.15) is 76.5 Å². The number of hydrogen-bond acceptors (Lipinski definition) is 7. The standard InChI is InChI=1S/C31H39BrN2O6/c1-30(2,3)40-26(36)16-17-31(29(37)34-18-7-4-8-19-34)27(24-10-5-6-11-25(24)32)39-28(33-31)22-12-14-23(15-13-22)38-21-9-20-35/h5-6,10-15,27,35H,4,7-9,16-21H2,1-3H3/t27-,31-/m1/s1. The number of rotatable bonds is 10. The van der Waals surface area contributed by atoms with E-state index in [1.807, 2.05) is 74.2 Å². The number of piperidine rings is 1. The predicted octanol–water partition coefficient (Wildman–Crippen LogP) is 5.60. The first-order chi connectivity index (χ1) is 19.1. The molecule has 1 fully saturated rings. The van der Waals surface area contributed by atoms with E-state index < -0.39 is 17.2 Å². The first kappa shape index (κ1) is 30.1.